The summed E-state index contributed by atoms with van der Waals surface area (Å²) in [6.07, 6.45) is 1.84. The largest absolute Gasteiger partial charge is 0.489 e. The quantitative estimate of drug-likeness (QED) is 0.398. The lowest BCUT2D eigenvalue weighted by Crippen LogP contribution is -2.25. The second-order valence-electron chi connectivity index (χ2n) is 8.38. The fourth-order valence-electron chi connectivity index (χ4n) is 4.44. The Morgan fingerprint density at radius 1 is 1.11 bits per heavy atom. The topological polar surface area (TPSA) is 99.2 Å². The summed E-state index contributed by atoms with van der Waals surface area (Å²) in [5.74, 6) is 1.65. The van der Waals surface area contributed by atoms with E-state index < -0.39 is 0 Å². The molecule has 174 valence electrons. The van der Waals surface area contributed by atoms with Crippen molar-refractivity contribution in [2.24, 2.45) is 0 Å². The molecular weight excluding hydrogens is 466 g/mol. The van der Waals surface area contributed by atoms with Crippen LogP contribution in [0.5, 0.6) is 5.75 Å². The van der Waals surface area contributed by atoms with Crippen LogP contribution in [0.4, 0.5) is 5.82 Å². The van der Waals surface area contributed by atoms with E-state index in [9.17, 15) is 4.79 Å². The first-order valence-corrected chi connectivity index (χ1v) is 11.5. The van der Waals surface area contributed by atoms with Crippen LogP contribution in [0.3, 0.4) is 0 Å². The molecule has 0 spiro atoms. The van der Waals surface area contributed by atoms with E-state index in [2.05, 4.69) is 20.6 Å². The molecule has 0 bridgehead atoms. The molecule has 4 heterocycles. The van der Waals surface area contributed by atoms with E-state index in [4.69, 9.17) is 21.4 Å². The number of nitrogens with one attached hydrogen (secondary N) is 1. The highest BCUT2D eigenvalue weighted by Crippen LogP contribution is 2.40. The van der Waals surface area contributed by atoms with Crippen LogP contribution in [0.1, 0.15) is 34.7 Å². The fourth-order valence-corrected chi connectivity index (χ4v) is 4.66. The Morgan fingerprint density at radius 3 is 2.89 bits per heavy atom. The lowest BCUT2D eigenvalue weighted by molar-refractivity contribution is -0.116. The Hall–Kier alpha value is -4.24. The number of benzene rings is 2. The van der Waals surface area contributed by atoms with Gasteiger partial charge >= 0.3 is 0 Å². The van der Waals surface area contributed by atoms with Crippen molar-refractivity contribution in [1.82, 2.24) is 29.6 Å². The number of hydrogen-bond acceptors (Lipinski definition) is 6. The number of amides is 1. The average molecular weight is 486 g/mol. The molecule has 1 N–H and O–H groups in total. The number of rotatable bonds is 5. The van der Waals surface area contributed by atoms with Crippen LogP contribution in [0.15, 0.2) is 67.0 Å². The molecule has 3 aromatic heterocycles. The summed E-state index contributed by atoms with van der Waals surface area (Å²) in [6, 6.07) is 19.0. The summed E-state index contributed by atoms with van der Waals surface area (Å²) in [5, 5.41) is 20.8. The first-order valence-electron chi connectivity index (χ1n) is 11.1. The van der Waals surface area contributed by atoms with E-state index in [1.807, 2.05) is 61.5 Å². The molecule has 0 aliphatic carbocycles. The fraction of sp³-hybridized carbons (Fsp3) is 0.160. The summed E-state index contributed by atoms with van der Waals surface area (Å²) in [7, 11) is 0. The van der Waals surface area contributed by atoms with Crippen LogP contribution in [0.25, 0.3) is 11.5 Å². The van der Waals surface area contributed by atoms with Crippen LogP contribution in [-0.4, -0.2) is 35.5 Å². The zero-order chi connectivity index (χ0) is 23.9. The maximum Gasteiger partial charge on any atom is 0.226 e. The first-order chi connectivity index (χ1) is 17.0. The Labute approximate surface area is 205 Å². The van der Waals surface area contributed by atoms with Crippen LogP contribution in [0, 0.1) is 6.92 Å². The molecule has 1 atom stereocenters. The zero-order valence-electron chi connectivity index (χ0n) is 18.7. The van der Waals surface area contributed by atoms with Gasteiger partial charge in [-0.3, -0.25) is 4.79 Å². The summed E-state index contributed by atoms with van der Waals surface area (Å²) in [4.78, 5) is 12.8. The van der Waals surface area contributed by atoms with Crippen molar-refractivity contribution in [3.05, 3.63) is 94.4 Å². The van der Waals surface area contributed by atoms with Crippen LogP contribution < -0.4 is 10.1 Å². The van der Waals surface area contributed by atoms with Crippen molar-refractivity contribution in [2.75, 3.05) is 5.32 Å². The highest BCUT2D eigenvalue weighted by Gasteiger charge is 2.33. The molecule has 10 heteroatoms. The van der Waals surface area contributed by atoms with E-state index in [1.54, 1.807) is 15.3 Å². The van der Waals surface area contributed by atoms with E-state index >= 15 is 0 Å². The minimum atomic E-state index is -0.166. The molecule has 0 fully saturated rings. The molecule has 1 aliphatic rings. The number of carbonyl (C=O) groups excluding carboxylic acids is 1. The normalized spacial score (nSPS) is 15.1. The van der Waals surface area contributed by atoms with Gasteiger partial charge in [-0.25, -0.2) is 0 Å². The third kappa shape index (κ3) is 4.00. The Kier molecular flexibility index (Phi) is 5.18. The molecule has 9 nitrogen and oxygen atoms in total. The summed E-state index contributed by atoms with van der Waals surface area (Å²) in [6.45, 7) is 2.34. The maximum atomic E-state index is 12.8. The number of anilines is 1. The second kappa shape index (κ2) is 8.52. The van der Waals surface area contributed by atoms with Gasteiger partial charge in [0.15, 0.2) is 11.5 Å². The molecular formula is C25H20ClN7O2. The zero-order valence-corrected chi connectivity index (χ0v) is 19.5. The summed E-state index contributed by atoms with van der Waals surface area (Å²) >= 11 is 6.09. The van der Waals surface area contributed by atoms with Gasteiger partial charge in [-0.05, 0) is 54.4 Å². The predicted molar refractivity (Wildman–Crippen MR) is 130 cm³/mol. The molecule has 0 saturated heterocycles. The second-order valence-corrected chi connectivity index (χ2v) is 8.82. The number of halogens is 1. The summed E-state index contributed by atoms with van der Waals surface area (Å²) in [5.41, 5.74) is 4.37. The van der Waals surface area contributed by atoms with Gasteiger partial charge in [-0.15, -0.1) is 15.3 Å². The number of ether oxygens (including phenoxy) is 1. The van der Waals surface area contributed by atoms with Gasteiger partial charge in [0.25, 0.3) is 0 Å². The van der Waals surface area contributed by atoms with Crippen molar-refractivity contribution in [2.45, 2.75) is 25.9 Å². The van der Waals surface area contributed by atoms with E-state index in [1.165, 1.54) is 6.33 Å². The van der Waals surface area contributed by atoms with Crippen LogP contribution in [0.2, 0.25) is 5.02 Å². The Bertz CT molecular complexity index is 1580. The average Bonchev–Trinajstić information content (AvgIpc) is 3.46. The molecule has 0 unspecified atom stereocenters. The lowest BCUT2D eigenvalue weighted by atomic mass is 9.86. The highest BCUT2D eigenvalue weighted by atomic mass is 35.5. The number of carbonyl (C=O) groups is 1. The minimum absolute atomic E-state index is 0.0840. The predicted octanol–water partition coefficient (Wildman–Crippen LogP) is 4.32. The molecule has 5 aromatic rings. The van der Waals surface area contributed by atoms with E-state index in [0.717, 1.165) is 28.1 Å². The third-order valence-corrected chi connectivity index (χ3v) is 6.26. The van der Waals surface area contributed by atoms with Gasteiger partial charge in [0.2, 0.25) is 5.91 Å². The molecule has 1 aliphatic heterocycles. The molecule has 6 rings (SSSR count). The van der Waals surface area contributed by atoms with Crippen LogP contribution in [-0.2, 0) is 11.4 Å². The van der Waals surface area contributed by atoms with Gasteiger partial charge in [-0.2, -0.15) is 14.3 Å². The van der Waals surface area contributed by atoms with Gasteiger partial charge in [-0.1, -0.05) is 35.9 Å². The third-order valence-electron chi connectivity index (χ3n) is 6.02. The van der Waals surface area contributed by atoms with Crippen molar-refractivity contribution in [3.63, 3.8) is 0 Å². The molecule has 35 heavy (non-hydrogen) atoms. The van der Waals surface area contributed by atoms with Gasteiger partial charge in [0.05, 0.1) is 5.69 Å². The van der Waals surface area contributed by atoms with E-state index in [0.29, 0.717) is 35.3 Å². The van der Waals surface area contributed by atoms with Gasteiger partial charge in [0, 0.05) is 22.9 Å². The number of fused-ring (bicyclic) bond motifs is 2. The SMILES string of the molecule is Cc1nn(-c2ccc3nncn3n2)c2c1[C@@H](c1cccc(OCc3cccc(Cl)c3)c1)CC(=O)N2. The van der Waals surface area contributed by atoms with Crippen molar-refractivity contribution in [1.29, 1.82) is 0 Å². The lowest BCUT2D eigenvalue weighted by Gasteiger charge is -2.24. The number of nitrogens with zero attached hydrogens (tertiary/aromatic N) is 6. The molecule has 2 aromatic carbocycles. The first kappa shape index (κ1) is 21.3. The Balaban J connectivity index is 1.34. The maximum absolute atomic E-state index is 12.8. The highest BCUT2D eigenvalue weighted by molar-refractivity contribution is 6.30. The van der Waals surface area contributed by atoms with Crippen LogP contribution >= 0.6 is 11.6 Å². The van der Waals surface area contributed by atoms with Gasteiger partial charge in [0.1, 0.15) is 24.5 Å². The smallest absolute Gasteiger partial charge is 0.226 e. The van der Waals surface area contributed by atoms with Gasteiger partial charge < -0.3 is 10.1 Å². The Morgan fingerprint density at radius 2 is 2.00 bits per heavy atom. The van der Waals surface area contributed by atoms with Crippen molar-refractivity contribution >= 4 is 29.0 Å². The van der Waals surface area contributed by atoms with Crippen molar-refractivity contribution < 1.29 is 9.53 Å². The van der Waals surface area contributed by atoms with E-state index in [-0.39, 0.29) is 11.8 Å². The number of aryl methyl sites for hydroxylation is 1. The molecule has 1 amide bonds. The van der Waals surface area contributed by atoms with Crippen molar-refractivity contribution in [3.8, 4) is 11.6 Å². The minimum Gasteiger partial charge on any atom is -0.489 e. The standard InChI is InChI=1S/C25H20ClN7O2/c1-15-24-20(17-5-3-7-19(11-17)35-13-16-4-2-6-18(26)10-16)12-23(34)28-25(24)33(30-15)22-9-8-21-29-27-14-32(21)31-22/h2-11,14,20H,12-13H2,1H3,(H,28,34)/t20-/m1/s1. The monoisotopic (exact) mass is 485 g/mol. The molecule has 0 radical (unpaired) electrons. The summed E-state index contributed by atoms with van der Waals surface area (Å²) < 4.78 is 9.26. The number of aromatic nitrogens is 6. The molecule has 0 saturated carbocycles. The number of hydrogen-bond donors (Lipinski definition) is 1.